The number of carbonyl (C=O) groups is 1. The van der Waals surface area contributed by atoms with Gasteiger partial charge in [-0.3, -0.25) is 9.48 Å². The normalized spacial score (nSPS) is 14.9. The molecule has 1 aliphatic rings. The summed E-state index contributed by atoms with van der Waals surface area (Å²) in [5, 5.41) is 13.5. The average Bonchev–Trinajstić information content (AvgIpc) is 3.43. The van der Waals surface area contributed by atoms with Crippen molar-refractivity contribution in [2.24, 2.45) is 5.92 Å². The van der Waals surface area contributed by atoms with Gasteiger partial charge in [0, 0.05) is 12.1 Å². The van der Waals surface area contributed by atoms with E-state index in [2.05, 4.69) is 5.10 Å². The minimum Gasteiger partial charge on any atom is -0.489 e. The highest BCUT2D eigenvalue weighted by atomic mass is 19.1. The highest BCUT2D eigenvalue weighted by Crippen LogP contribution is 2.32. The van der Waals surface area contributed by atoms with Crippen LogP contribution in [0.3, 0.4) is 0 Å². The highest BCUT2D eigenvalue weighted by Gasteiger charge is 2.24. The molecule has 0 aliphatic heterocycles. The number of rotatable bonds is 8. The lowest BCUT2D eigenvalue weighted by Gasteiger charge is -2.11. The molecule has 1 aliphatic carbocycles. The van der Waals surface area contributed by atoms with E-state index in [9.17, 15) is 9.18 Å². The largest absolute Gasteiger partial charge is 0.489 e. The minimum atomic E-state index is -0.815. The molecule has 1 heterocycles. The number of halogens is 1. The van der Waals surface area contributed by atoms with Crippen LogP contribution in [0.15, 0.2) is 42.5 Å². The Morgan fingerprint density at radius 2 is 2.04 bits per heavy atom. The van der Waals surface area contributed by atoms with Crippen LogP contribution in [-0.2, 0) is 17.9 Å². The van der Waals surface area contributed by atoms with Gasteiger partial charge in [-0.25, -0.2) is 0 Å². The highest BCUT2D eigenvalue weighted by molar-refractivity contribution is 5.83. The summed E-state index contributed by atoms with van der Waals surface area (Å²) in [7, 11) is 0. The van der Waals surface area contributed by atoms with Crippen LogP contribution in [0.1, 0.15) is 43.2 Å². The van der Waals surface area contributed by atoms with Crippen LogP contribution in [0.5, 0.6) is 5.75 Å². The topological polar surface area (TPSA) is 64.3 Å². The predicted molar refractivity (Wildman–Crippen MR) is 104 cm³/mol. The molecular weight excluding hydrogens is 359 g/mol. The smallest absolute Gasteiger partial charge is 0.303 e. The number of fused-ring (bicyclic) bond motifs is 1. The quantitative estimate of drug-likeness (QED) is 0.611. The molecule has 4 rings (SSSR count). The van der Waals surface area contributed by atoms with Gasteiger partial charge in [-0.2, -0.15) is 4.39 Å². The van der Waals surface area contributed by atoms with Crippen molar-refractivity contribution >= 4 is 16.9 Å². The lowest BCUT2D eigenvalue weighted by Crippen LogP contribution is -2.03. The molecule has 1 aromatic heterocycles. The van der Waals surface area contributed by atoms with Gasteiger partial charge < -0.3 is 9.84 Å². The Morgan fingerprint density at radius 3 is 2.71 bits per heavy atom. The van der Waals surface area contributed by atoms with Gasteiger partial charge in [-0.1, -0.05) is 31.2 Å². The van der Waals surface area contributed by atoms with E-state index in [-0.39, 0.29) is 18.9 Å². The zero-order chi connectivity index (χ0) is 19.7. The van der Waals surface area contributed by atoms with E-state index in [4.69, 9.17) is 9.84 Å². The van der Waals surface area contributed by atoms with Crippen LogP contribution in [0.4, 0.5) is 4.39 Å². The van der Waals surface area contributed by atoms with E-state index >= 15 is 0 Å². The van der Waals surface area contributed by atoms with E-state index in [0.717, 1.165) is 23.2 Å². The molecule has 28 heavy (non-hydrogen) atoms. The predicted octanol–water partition coefficient (Wildman–Crippen LogP) is 4.74. The summed E-state index contributed by atoms with van der Waals surface area (Å²) in [5.41, 5.74) is 2.52. The molecule has 1 saturated carbocycles. The lowest BCUT2D eigenvalue weighted by atomic mass is 9.98. The number of hydrogen-bond donors (Lipinski definition) is 1. The monoisotopic (exact) mass is 382 g/mol. The van der Waals surface area contributed by atoms with Crippen molar-refractivity contribution < 1.29 is 19.0 Å². The number of carboxylic acids is 1. The number of hydrogen-bond acceptors (Lipinski definition) is 3. The maximum Gasteiger partial charge on any atom is 0.303 e. The van der Waals surface area contributed by atoms with Crippen LogP contribution in [0.2, 0.25) is 0 Å². The van der Waals surface area contributed by atoms with Crippen LogP contribution >= 0.6 is 0 Å². The van der Waals surface area contributed by atoms with E-state index in [1.807, 2.05) is 49.4 Å². The zero-order valence-corrected chi connectivity index (χ0v) is 15.8. The second-order valence-corrected chi connectivity index (χ2v) is 7.58. The molecular formula is C22H23FN2O3. The zero-order valence-electron chi connectivity index (χ0n) is 15.8. The number of benzene rings is 2. The molecule has 0 spiro atoms. The lowest BCUT2D eigenvalue weighted by molar-refractivity contribution is -0.137. The van der Waals surface area contributed by atoms with E-state index < -0.39 is 11.9 Å². The van der Waals surface area contributed by atoms with Crippen LogP contribution in [0, 0.1) is 11.9 Å². The summed E-state index contributed by atoms with van der Waals surface area (Å²) in [6.07, 6.45) is 2.46. The molecule has 0 radical (unpaired) electrons. The Kier molecular flexibility index (Phi) is 5.03. The fourth-order valence-electron chi connectivity index (χ4n) is 3.49. The van der Waals surface area contributed by atoms with Crippen molar-refractivity contribution in [3.05, 3.63) is 59.5 Å². The number of aromatic nitrogens is 2. The first-order valence-electron chi connectivity index (χ1n) is 9.59. The Hall–Kier alpha value is -2.89. The Bertz CT molecular complexity index is 993. The average molecular weight is 382 g/mol. The van der Waals surface area contributed by atoms with Gasteiger partial charge in [0.05, 0.1) is 17.3 Å². The van der Waals surface area contributed by atoms with Crippen molar-refractivity contribution in [2.75, 3.05) is 0 Å². The second-order valence-electron chi connectivity index (χ2n) is 7.58. The van der Waals surface area contributed by atoms with Crippen molar-refractivity contribution in [3.63, 3.8) is 0 Å². The number of ether oxygens (including phenoxy) is 1. The summed E-state index contributed by atoms with van der Waals surface area (Å²) in [5.74, 6) is -0.0527. The molecule has 5 nitrogen and oxygen atoms in total. The third-order valence-corrected chi connectivity index (χ3v) is 5.27. The molecule has 146 valence electrons. The molecule has 0 bridgehead atoms. The van der Waals surface area contributed by atoms with E-state index in [1.165, 1.54) is 12.8 Å². The molecule has 1 N–H and O–H groups in total. The molecule has 1 unspecified atom stereocenters. The Balaban J connectivity index is 1.48. The first-order chi connectivity index (χ1) is 13.5. The number of nitrogens with zero attached hydrogens (tertiary/aromatic N) is 2. The SMILES string of the molecule is CC(CC(=O)O)c1ccc(OCc2cccc3c2c(F)nn3CC2CC2)cc1. The van der Waals surface area contributed by atoms with Gasteiger partial charge in [-0.05, 0) is 48.4 Å². The van der Waals surface area contributed by atoms with Gasteiger partial charge in [0.2, 0.25) is 5.95 Å². The molecule has 1 atom stereocenters. The summed E-state index contributed by atoms with van der Waals surface area (Å²) in [6, 6.07) is 13.0. The Labute approximate surface area is 162 Å². The van der Waals surface area contributed by atoms with Crippen molar-refractivity contribution in [1.29, 1.82) is 0 Å². The fourth-order valence-corrected chi connectivity index (χ4v) is 3.49. The summed E-state index contributed by atoms with van der Waals surface area (Å²) in [6.45, 7) is 2.89. The molecule has 0 amide bonds. The summed E-state index contributed by atoms with van der Waals surface area (Å²) in [4.78, 5) is 10.8. The maximum absolute atomic E-state index is 14.5. The third kappa shape index (κ3) is 4.01. The summed E-state index contributed by atoms with van der Waals surface area (Å²) >= 11 is 0. The molecule has 2 aromatic carbocycles. The van der Waals surface area contributed by atoms with Gasteiger partial charge in [-0.15, -0.1) is 5.10 Å². The second kappa shape index (κ2) is 7.62. The Morgan fingerprint density at radius 1 is 1.29 bits per heavy atom. The van der Waals surface area contributed by atoms with Crippen molar-refractivity contribution in [1.82, 2.24) is 9.78 Å². The minimum absolute atomic E-state index is 0.0632. The first-order valence-corrected chi connectivity index (χ1v) is 9.59. The van der Waals surface area contributed by atoms with Crippen molar-refractivity contribution in [3.8, 4) is 5.75 Å². The van der Waals surface area contributed by atoms with Gasteiger partial charge in [0.15, 0.2) is 0 Å². The van der Waals surface area contributed by atoms with Crippen molar-refractivity contribution in [2.45, 2.75) is 45.3 Å². The van der Waals surface area contributed by atoms with E-state index in [0.29, 0.717) is 17.1 Å². The maximum atomic E-state index is 14.5. The number of aliphatic carboxylic acids is 1. The molecule has 3 aromatic rings. The van der Waals surface area contributed by atoms with Gasteiger partial charge in [0.1, 0.15) is 12.4 Å². The first kappa shape index (κ1) is 18.5. The fraction of sp³-hybridized carbons (Fsp3) is 0.364. The van der Waals surface area contributed by atoms with Crippen LogP contribution < -0.4 is 4.74 Å². The van der Waals surface area contributed by atoms with Crippen LogP contribution in [0.25, 0.3) is 10.9 Å². The third-order valence-electron chi connectivity index (χ3n) is 5.27. The van der Waals surface area contributed by atoms with Gasteiger partial charge >= 0.3 is 5.97 Å². The van der Waals surface area contributed by atoms with E-state index in [1.54, 1.807) is 4.68 Å². The molecule has 1 fully saturated rings. The standard InChI is InChI=1S/C22H23FN2O3/c1-14(11-20(26)27)16-7-9-18(10-8-16)28-13-17-3-2-4-19-21(17)22(23)24-25(19)12-15-5-6-15/h2-4,7-10,14-15H,5-6,11-13H2,1H3,(H,26,27). The van der Waals surface area contributed by atoms with Gasteiger partial charge in [0.25, 0.3) is 0 Å². The molecule has 0 saturated heterocycles. The van der Waals surface area contributed by atoms with Crippen LogP contribution in [-0.4, -0.2) is 20.9 Å². The molecule has 6 heteroatoms. The number of carboxylic acid groups (broad SMARTS) is 1. The summed E-state index contributed by atoms with van der Waals surface area (Å²) < 4.78 is 22.1.